The van der Waals surface area contributed by atoms with Crippen molar-refractivity contribution in [2.24, 2.45) is 11.7 Å². The molecule has 1 atom stereocenters. The molecule has 3 rings (SSSR count). The standard InChI is InChI=1S/C21H25N3O2S/c1-14-6-10-16(11-7-14)23-20(25)13-27-19-5-3-2-4-17(19)21(26)24-18(12-22)15-8-9-15/h2-7,10-11,15,18H,8-9,12-13,22H2,1H3,(H,23,25)(H,24,26). The topological polar surface area (TPSA) is 84.2 Å². The summed E-state index contributed by atoms with van der Waals surface area (Å²) in [5, 5.41) is 5.92. The van der Waals surface area contributed by atoms with Crippen molar-refractivity contribution >= 4 is 29.3 Å². The van der Waals surface area contributed by atoms with Crippen molar-refractivity contribution in [1.82, 2.24) is 5.32 Å². The molecule has 0 radical (unpaired) electrons. The third-order valence-electron chi connectivity index (χ3n) is 4.59. The average Bonchev–Trinajstić information content (AvgIpc) is 3.51. The molecule has 0 aliphatic heterocycles. The Hall–Kier alpha value is -2.31. The number of thioether (sulfide) groups is 1. The lowest BCUT2D eigenvalue weighted by Gasteiger charge is -2.17. The highest BCUT2D eigenvalue weighted by Crippen LogP contribution is 2.32. The van der Waals surface area contributed by atoms with Crippen LogP contribution < -0.4 is 16.4 Å². The number of benzene rings is 2. The molecule has 0 bridgehead atoms. The molecule has 1 aliphatic rings. The van der Waals surface area contributed by atoms with Gasteiger partial charge < -0.3 is 16.4 Å². The molecule has 0 heterocycles. The number of rotatable bonds is 8. The number of hydrogen-bond acceptors (Lipinski definition) is 4. The third-order valence-corrected chi connectivity index (χ3v) is 5.66. The number of carbonyl (C=O) groups is 2. The van der Waals surface area contributed by atoms with E-state index in [1.54, 1.807) is 6.07 Å². The highest BCUT2D eigenvalue weighted by Gasteiger charge is 2.31. The number of carbonyl (C=O) groups excluding carboxylic acids is 2. The first-order valence-electron chi connectivity index (χ1n) is 9.16. The molecule has 142 valence electrons. The predicted molar refractivity (Wildman–Crippen MR) is 110 cm³/mol. The van der Waals surface area contributed by atoms with E-state index in [2.05, 4.69) is 10.6 Å². The van der Waals surface area contributed by atoms with Crippen molar-refractivity contribution in [1.29, 1.82) is 0 Å². The second kappa shape index (κ2) is 9.06. The van der Waals surface area contributed by atoms with Gasteiger partial charge in [-0.3, -0.25) is 9.59 Å². The highest BCUT2D eigenvalue weighted by molar-refractivity contribution is 8.00. The molecule has 0 spiro atoms. The highest BCUT2D eigenvalue weighted by atomic mass is 32.2. The Morgan fingerprint density at radius 3 is 2.52 bits per heavy atom. The van der Waals surface area contributed by atoms with Crippen LogP contribution in [-0.2, 0) is 4.79 Å². The lowest BCUT2D eigenvalue weighted by Crippen LogP contribution is -2.41. The van der Waals surface area contributed by atoms with Crippen LogP contribution in [0.15, 0.2) is 53.4 Å². The molecule has 2 aromatic rings. The van der Waals surface area contributed by atoms with Gasteiger partial charge >= 0.3 is 0 Å². The molecule has 0 saturated heterocycles. The van der Waals surface area contributed by atoms with E-state index in [1.165, 1.54) is 11.8 Å². The van der Waals surface area contributed by atoms with E-state index in [0.717, 1.165) is 29.0 Å². The predicted octanol–water partition coefficient (Wildman–Crippen LogP) is 3.19. The molecule has 2 amide bonds. The number of anilines is 1. The Labute approximate surface area is 164 Å². The largest absolute Gasteiger partial charge is 0.348 e. The van der Waals surface area contributed by atoms with Gasteiger partial charge in [0.1, 0.15) is 0 Å². The van der Waals surface area contributed by atoms with Crippen molar-refractivity contribution in [3.8, 4) is 0 Å². The van der Waals surface area contributed by atoms with Gasteiger partial charge in [0.2, 0.25) is 5.91 Å². The second-order valence-corrected chi connectivity index (χ2v) is 7.87. The van der Waals surface area contributed by atoms with Gasteiger partial charge in [-0.1, -0.05) is 29.8 Å². The summed E-state index contributed by atoms with van der Waals surface area (Å²) in [5.74, 6) is 0.511. The van der Waals surface area contributed by atoms with E-state index < -0.39 is 0 Å². The van der Waals surface area contributed by atoms with Gasteiger partial charge in [0.15, 0.2) is 0 Å². The number of hydrogen-bond donors (Lipinski definition) is 3. The van der Waals surface area contributed by atoms with Crippen LogP contribution in [0.1, 0.15) is 28.8 Å². The Balaban J connectivity index is 1.59. The molecule has 1 aliphatic carbocycles. The summed E-state index contributed by atoms with van der Waals surface area (Å²) in [6.07, 6.45) is 2.25. The average molecular weight is 384 g/mol. The summed E-state index contributed by atoms with van der Waals surface area (Å²) >= 11 is 1.36. The molecule has 1 saturated carbocycles. The summed E-state index contributed by atoms with van der Waals surface area (Å²) in [6.45, 7) is 2.45. The van der Waals surface area contributed by atoms with Crippen LogP contribution in [0.5, 0.6) is 0 Å². The zero-order chi connectivity index (χ0) is 19.2. The Kier molecular flexibility index (Phi) is 6.53. The Bertz CT molecular complexity index is 803. The fourth-order valence-electron chi connectivity index (χ4n) is 2.87. The zero-order valence-corrected chi connectivity index (χ0v) is 16.2. The van der Waals surface area contributed by atoms with Crippen LogP contribution in [0, 0.1) is 12.8 Å². The fraction of sp³-hybridized carbons (Fsp3) is 0.333. The van der Waals surface area contributed by atoms with Crippen LogP contribution in [0.2, 0.25) is 0 Å². The minimum Gasteiger partial charge on any atom is -0.348 e. The van der Waals surface area contributed by atoms with Crippen molar-refractivity contribution in [3.05, 3.63) is 59.7 Å². The summed E-state index contributed by atoms with van der Waals surface area (Å²) in [6, 6.07) is 15.1. The van der Waals surface area contributed by atoms with Crippen molar-refractivity contribution in [3.63, 3.8) is 0 Å². The van der Waals surface area contributed by atoms with Crippen molar-refractivity contribution < 1.29 is 9.59 Å². The maximum Gasteiger partial charge on any atom is 0.252 e. The molecule has 4 N–H and O–H groups in total. The van der Waals surface area contributed by atoms with Gasteiger partial charge in [0.05, 0.1) is 11.3 Å². The smallest absolute Gasteiger partial charge is 0.252 e. The van der Waals surface area contributed by atoms with E-state index in [0.29, 0.717) is 18.0 Å². The monoisotopic (exact) mass is 383 g/mol. The molecular formula is C21H25N3O2S. The molecule has 5 nitrogen and oxygen atoms in total. The first kappa shape index (κ1) is 19.5. The van der Waals surface area contributed by atoms with Crippen molar-refractivity contribution in [2.75, 3.05) is 17.6 Å². The first-order chi connectivity index (χ1) is 13.1. The second-order valence-electron chi connectivity index (χ2n) is 6.85. The molecule has 1 unspecified atom stereocenters. The lowest BCUT2D eigenvalue weighted by atomic mass is 10.1. The quantitative estimate of drug-likeness (QED) is 0.611. The van der Waals surface area contributed by atoms with Gasteiger partial charge in [-0.15, -0.1) is 11.8 Å². The van der Waals surface area contributed by atoms with E-state index in [1.807, 2.05) is 49.4 Å². The SMILES string of the molecule is Cc1ccc(NC(=O)CSc2ccccc2C(=O)NC(CN)C2CC2)cc1. The summed E-state index contributed by atoms with van der Waals surface area (Å²) in [7, 11) is 0. The summed E-state index contributed by atoms with van der Waals surface area (Å²) in [5.41, 5.74) is 8.29. The van der Waals surface area contributed by atoms with Crippen LogP contribution in [0.4, 0.5) is 5.69 Å². The number of aryl methyl sites for hydroxylation is 1. The van der Waals surface area contributed by atoms with Gasteiger partial charge in [-0.2, -0.15) is 0 Å². The zero-order valence-electron chi connectivity index (χ0n) is 15.4. The molecule has 0 aromatic heterocycles. The molecule has 27 heavy (non-hydrogen) atoms. The minimum atomic E-state index is -0.126. The van der Waals surface area contributed by atoms with E-state index >= 15 is 0 Å². The fourth-order valence-corrected chi connectivity index (χ4v) is 3.72. The van der Waals surface area contributed by atoms with Crippen LogP contribution >= 0.6 is 11.8 Å². The van der Waals surface area contributed by atoms with Gasteiger partial charge in [0.25, 0.3) is 5.91 Å². The number of nitrogens with one attached hydrogen (secondary N) is 2. The Morgan fingerprint density at radius 2 is 1.85 bits per heavy atom. The minimum absolute atomic E-state index is 0.0281. The van der Waals surface area contributed by atoms with Gasteiger partial charge in [0, 0.05) is 23.2 Å². The number of nitrogens with two attached hydrogens (primary N) is 1. The molecule has 1 fully saturated rings. The Morgan fingerprint density at radius 1 is 1.15 bits per heavy atom. The van der Waals surface area contributed by atoms with E-state index in [9.17, 15) is 9.59 Å². The van der Waals surface area contributed by atoms with E-state index in [4.69, 9.17) is 5.73 Å². The first-order valence-corrected chi connectivity index (χ1v) is 10.1. The maximum atomic E-state index is 12.7. The van der Waals surface area contributed by atoms with E-state index in [-0.39, 0.29) is 23.6 Å². The van der Waals surface area contributed by atoms with Crippen molar-refractivity contribution in [2.45, 2.75) is 30.7 Å². The lowest BCUT2D eigenvalue weighted by molar-refractivity contribution is -0.113. The van der Waals surface area contributed by atoms with Crippen LogP contribution in [0.3, 0.4) is 0 Å². The summed E-state index contributed by atoms with van der Waals surface area (Å²) in [4.78, 5) is 25.7. The normalized spacial score (nSPS) is 14.4. The number of amides is 2. The third kappa shape index (κ3) is 5.58. The molecular weight excluding hydrogens is 358 g/mol. The maximum absolute atomic E-state index is 12.7. The molecule has 2 aromatic carbocycles. The summed E-state index contributed by atoms with van der Waals surface area (Å²) < 4.78 is 0. The van der Waals surface area contributed by atoms with Crippen LogP contribution in [0.25, 0.3) is 0 Å². The molecule has 6 heteroatoms. The van der Waals surface area contributed by atoms with Gasteiger partial charge in [-0.05, 0) is 49.9 Å². The van der Waals surface area contributed by atoms with Gasteiger partial charge in [-0.25, -0.2) is 0 Å². The van der Waals surface area contributed by atoms with Crippen LogP contribution in [-0.4, -0.2) is 30.2 Å².